The van der Waals surface area contributed by atoms with Gasteiger partial charge in [0.15, 0.2) is 0 Å². The topological polar surface area (TPSA) is 50.2 Å². The molecular weight excluding hydrogens is 162 g/mol. The van der Waals surface area contributed by atoms with Crippen LogP contribution in [0.5, 0.6) is 0 Å². The second-order valence-corrected chi connectivity index (χ2v) is 1.89. The van der Waals surface area contributed by atoms with Crippen molar-refractivity contribution in [2.45, 2.75) is 0 Å². The Hall–Kier alpha value is -1.03. The molecule has 60 valence electrons. The quantitative estimate of drug-likeness (QED) is 0.622. The van der Waals surface area contributed by atoms with E-state index in [-0.39, 0.29) is 5.75 Å². The second-order valence-electron chi connectivity index (χ2n) is 1.58. The first-order chi connectivity index (χ1) is 5.27. The van der Waals surface area contributed by atoms with Crippen molar-refractivity contribution in [2.24, 2.45) is 0 Å². The molecule has 4 heteroatoms. The van der Waals surface area contributed by atoms with Crippen molar-refractivity contribution in [1.29, 1.82) is 0 Å². The van der Waals surface area contributed by atoms with Gasteiger partial charge in [0.25, 0.3) is 0 Å². The van der Waals surface area contributed by atoms with Gasteiger partial charge < -0.3 is 5.11 Å². The lowest BCUT2D eigenvalue weighted by atomic mass is 10.5. The van der Waals surface area contributed by atoms with Crippen LogP contribution in [0.4, 0.5) is 0 Å². The number of aromatic nitrogens is 1. The van der Waals surface area contributed by atoms with Gasteiger partial charge in [0.2, 0.25) is 0 Å². The van der Waals surface area contributed by atoms with E-state index in [0.29, 0.717) is 0 Å². The number of hydrogen-bond acceptors (Lipinski definition) is 3. The molecule has 0 atom stereocenters. The number of nitrogens with zero attached hydrogens (tertiary/aromatic N) is 1. The maximum atomic E-state index is 9.29. The fraction of sp³-hybridized carbons (Fsp3) is 0.143. The maximum Gasteiger partial charge on any atom is 0.313 e. The van der Waals surface area contributed by atoms with Gasteiger partial charge in [-0.1, -0.05) is 6.07 Å². The van der Waals surface area contributed by atoms with Gasteiger partial charge in [0.1, 0.15) is 0 Å². The number of carbonyl (C=O) groups is 1. The van der Waals surface area contributed by atoms with Crippen LogP contribution in [0.1, 0.15) is 0 Å². The van der Waals surface area contributed by atoms with Crippen LogP contribution >= 0.6 is 12.6 Å². The normalized spacial score (nSPS) is 7.73. The lowest BCUT2D eigenvalue weighted by molar-refractivity contribution is -0.133. The number of thiol groups is 1. The zero-order valence-electron chi connectivity index (χ0n) is 5.84. The summed E-state index contributed by atoms with van der Waals surface area (Å²) >= 11 is 3.42. The Balaban J connectivity index is 0.000000187. The average molecular weight is 171 g/mol. The summed E-state index contributed by atoms with van der Waals surface area (Å²) in [7, 11) is 0. The highest BCUT2D eigenvalue weighted by molar-refractivity contribution is 7.81. The van der Waals surface area contributed by atoms with Crippen LogP contribution in [0.25, 0.3) is 0 Å². The lowest BCUT2D eigenvalue weighted by Gasteiger charge is -1.71. The minimum Gasteiger partial charge on any atom is -0.481 e. The molecule has 1 heterocycles. The summed E-state index contributed by atoms with van der Waals surface area (Å²) in [5, 5.41) is 7.65. The highest BCUT2D eigenvalue weighted by Crippen LogP contribution is 1.73. The summed E-state index contributed by atoms with van der Waals surface area (Å²) < 4.78 is 0. The zero-order valence-corrected chi connectivity index (χ0v) is 6.74. The van der Waals surface area contributed by atoms with E-state index in [1.807, 2.05) is 18.2 Å². The molecule has 0 aliphatic carbocycles. The van der Waals surface area contributed by atoms with Crippen LogP contribution in [0.15, 0.2) is 30.6 Å². The van der Waals surface area contributed by atoms with Gasteiger partial charge >= 0.3 is 5.97 Å². The summed E-state index contributed by atoms with van der Waals surface area (Å²) in [6.45, 7) is 0. The molecule has 0 saturated heterocycles. The molecule has 1 rings (SSSR count). The van der Waals surface area contributed by atoms with Gasteiger partial charge in [-0.05, 0) is 12.1 Å². The Kier molecular flexibility index (Phi) is 6.42. The van der Waals surface area contributed by atoms with Crippen LogP contribution in [0.2, 0.25) is 0 Å². The van der Waals surface area contributed by atoms with Crippen molar-refractivity contribution in [3.05, 3.63) is 30.6 Å². The monoisotopic (exact) mass is 171 g/mol. The van der Waals surface area contributed by atoms with Crippen molar-refractivity contribution < 1.29 is 9.90 Å². The van der Waals surface area contributed by atoms with E-state index in [9.17, 15) is 4.79 Å². The first-order valence-corrected chi connectivity index (χ1v) is 3.58. The first kappa shape index (κ1) is 9.97. The minimum absolute atomic E-state index is 0.0833. The summed E-state index contributed by atoms with van der Waals surface area (Å²) in [5.74, 6) is -0.965. The molecule has 0 radical (unpaired) electrons. The Morgan fingerprint density at radius 2 is 1.82 bits per heavy atom. The van der Waals surface area contributed by atoms with Crippen LogP contribution < -0.4 is 0 Å². The molecule has 1 N–H and O–H groups in total. The molecule has 0 aromatic carbocycles. The van der Waals surface area contributed by atoms with E-state index in [0.717, 1.165) is 0 Å². The highest BCUT2D eigenvalue weighted by atomic mass is 32.1. The largest absolute Gasteiger partial charge is 0.481 e. The Morgan fingerprint density at radius 3 is 1.91 bits per heavy atom. The number of aliphatic carboxylic acids is 1. The smallest absolute Gasteiger partial charge is 0.313 e. The average Bonchev–Trinajstić information content (AvgIpc) is 2.09. The van der Waals surface area contributed by atoms with Crippen molar-refractivity contribution in [2.75, 3.05) is 5.75 Å². The predicted octanol–water partition coefficient (Wildman–Crippen LogP) is 1.08. The molecule has 0 aliphatic heterocycles. The molecule has 3 nitrogen and oxygen atoms in total. The van der Waals surface area contributed by atoms with Gasteiger partial charge in [-0.3, -0.25) is 9.78 Å². The van der Waals surface area contributed by atoms with E-state index < -0.39 is 5.97 Å². The summed E-state index contributed by atoms with van der Waals surface area (Å²) in [6.07, 6.45) is 3.50. The van der Waals surface area contributed by atoms with Gasteiger partial charge in [0, 0.05) is 12.4 Å². The molecule has 0 bridgehead atoms. The first-order valence-electron chi connectivity index (χ1n) is 2.95. The molecule has 0 fully saturated rings. The number of carboxylic acid groups (broad SMARTS) is 1. The molecule has 1 aromatic heterocycles. The number of hydrogen-bond donors (Lipinski definition) is 2. The van der Waals surface area contributed by atoms with E-state index in [2.05, 4.69) is 17.6 Å². The molecule has 0 unspecified atom stereocenters. The highest BCUT2D eigenvalue weighted by Gasteiger charge is 1.81. The van der Waals surface area contributed by atoms with Gasteiger partial charge in [-0.25, -0.2) is 0 Å². The SMILES string of the molecule is O=C(O)CS.c1ccncc1. The third kappa shape index (κ3) is 8.97. The molecular formula is C7H9NO2S. The molecule has 0 aliphatic rings. The number of carboxylic acids is 1. The molecule has 0 amide bonds. The lowest BCUT2D eigenvalue weighted by Crippen LogP contribution is -1.92. The van der Waals surface area contributed by atoms with Crippen molar-refractivity contribution in [1.82, 2.24) is 4.98 Å². The van der Waals surface area contributed by atoms with Crippen molar-refractivity contribution in [3.8, 4) is 0 Å². The minimum atomic E-state index is -0.881. The molecule has 1 aromatic rings. The maximum absolute atomic E-state index is 9.29. The molecule has 0 spiro atoms. The number of pyridine rings is 1. The Morgan fingerprint density at radius 1 is 1.36 bits per heavy atom. The third-order valence-electron chi connectivity index (χ3n) is 0.702. The Bertz CT molecular complexity index is 164. The summed E-state index contributed by atoms with van der Waals surface area (Å²) in [6, 6.07) is 5.72. The van der Waals surface area contributed by atoms with Crippen molar-refractivity contribution in [3.63, 3.8) is 0 Å². The van der Waals surface area contributed by atoms with Crippen molar-refractivity contribution >= 4 is 18.6 Å². The molecule has 11 heavy (non-hydrogen) atoms. The van der Waals surface area contributed by atoms with E-state index >= 15 is 0 Å². The predicted molar refractivity (Wildman–Crippen MR) is 45.7 cm³/mol. The fourth-order valence-corrected chi connectivity index (χ4v) is 0.313. The van der Waals surface area contributed by atoms with Crippen LogP contribution in [0, 0.1) is 0 Å². The standard InChI is InChI=1S/C5H5N.C2H4O2S/c1-2-4-6-5-3-1;3-2(4)1-5/h1-5H;5H,1H2,(H,3,4). The van der Waals surface area contributed by atoms with E-state index in [4.69, 9.17) is 5.11 Å². The number of rotatable bonds is 1. The van der Waals surface area contributed by atoms with Gasteiger partial charge in [-0.15, -0.1) is 0 Å². The van der Waals surface area contributed by atoms with E-state index in [1.165, 1.54) is 0 Å². The van der Waals surface area contributed by atoms with Crippen LogP contribution in [-0.4, -0.2) is 21.8 Å². The third-order valence-corrected chi connectivity index (χ3v) is 0.972. The Labute approximate surface area is 70.5 Å². The van der Waals surface area contributed by atoms with Gasteiger partial charge in [-0.2, -0.15) is 12.6 Å². The summed E-state index contributed by atoms with van der Waals surface area (Å²) in [4.78, 5) is 13.1. The van der Waals surface area contributed by atoms with E-state index in [1.54, 1.807) is 12.4 Å². The second kappa shape index (κ2) is 7.08. The summed E-state index contributed by atoms with van der Waals surface area (Å²) in [5.41, 5.74) is 0. The van der Waals surface area contributed by atoms with Crippen LogP contribution in [0.3, 0.4) is 0 Å². The van der Waals surface area contributed by atoms with Crippen LogP contribution in [-0.2, 0) is 4.79 Å². The molecule has 0 saturated carbocycles. The zero-order chi connectivity index (χ0) is 8.53. The van der Waals surface area contributed by atoms with Gasteiger partial charge in [0.05, 0.1) is 5.75 Å². The fourth-order valence-electron chi connectivity index (χ4n) is 0.313.